The Labute approximate surface area is 195 Å². The number of nitrogens with one attached hydrogen (secondary N) is 1. The second kappa shape index (κ2) is 9.58. The summed E-state index contributed by atoms with van der Waals surface area (Å²) < 4.78 is 7.33. The molecule has 33 heavy (non-hydrogen) atoms. The number of carbonyl (C=O) groups is 1. The summed E-state index contributed by atoms with van der Waals surface area (Å²) in [6.07, 6.45) is 6.19. The maximum absolute atomic E-state index is 13.0. The lowest BCUT2D eigenvalue weighted by Crippen LogP contribution is -2.13. The number of amides is 1. The van der Waals surface area contributed by atoms with E-state index in [-0.39, 0.29) is 5.91 Å². The molecule has 1 aromatic carbocycles. The predicted molar refractivity (Wildman–Crippen MR) is 126 cm³/mol. The number of anilines is 1. The van der Waals surface area contributed by atoms with Gasteiger partial charge in [0.1, 0.15) is 16.6 Å². The van der Waals surface area contributed by atoms with Crippen molar-refractivity contribution < 1.29 is 9.32 Å². The number of pyridine rings is 1. The maximum Gasteiger partial charge on any atom is 0.258 e. The Bertz CT molecular complexity index is 1260. The first-order valence-electron chi connectivity index (χ1n) is 11.0. The summed E-state index contributed by atoms with van der Waals surface area (Å²) in [6.45, 7) is 2.80. The largest absolute Gasteiger partial charge is 0.361 e. The van der Waals surface area contributed by atoms with Gasteiger partial charge in [-0.1, -0.05) is 23.3 Å². The Kier molecular flexibility index (Phi) is 6.21. The van der Waals surface area contributed by atoms with E-state index in [1.165, 1.54) is 18.2 Å². The number of carbonyl (C=O) groups excluding carboxylic acids is 1. The third-order valence-electron chi connectivity index (χ3n) is 5.56. The van der Waals surface area contributed by atoms with Gasteiger partial charge in [-0.15, -0.1) is 10.2 Å². The summed E-state index contributed by atoms with van der Waals surface area (Å²) in [5.41, 5.74) is 3.05. The van der Waals surface area contributed by atoms with E-state index in [1.54, 1.807) is 18.3 Å². The van der Waals surface area contributed by atoms with Crippen LogP contribution in [0.25, 0.3) is 11.4 Å². The molecule has 8 nitrogen and oxygen atoms in total. The fourth-order valence-electron chi connectivity index (χ4n) is 3.91. The van der Waals surface area contributed by atoms with Crippen molar-refractivity contribution >= 4 is 23.4 Å². The van der Waals surface area contributed by atoms with Gasteiger partial charge in [-0.05, 0) is 56.2 Å². The number of aryl methyl sites for hydroxylation is 2. The van der Waals surface area contributed by atoms with E-state index >= 15 is 0 Å². The molecule has 0 atom stereocenters. The molecule has 0 aliphatic carbocycles. The number of fused-ring (bicyclic) bond motifs is 1. The molecule has 0 bridgehead atoms. The van der Waals surface area contributed by atoms with Gasteiger partial charge in [0.15, 0.2) is 5.82 Å². The zero-order valence-electron chi connectivity index (χ0n) is 18.3. The molecule has 5 rings (SSSR count). The SMILES string of the molecule is Cc1cc(CSc2ncccc2C(=O)Nc2ccc(-c3nnc4n3CCCCC4)cc2)no1. The van der Waals surface area contributed by atoms with Crippen LogP contribution in [0.1, 0.15) is 46.9 Å². The molecule has 1 amide bonds. The molecule has 1 aliphatic rings. The lowest BCUT2D eigenvalue weighted by Gasteiger charge is -2.10. The molecule has 0 unspecified atom stereocenters. The van der Waals surface area contributed by atoms with E-state index in [0.29, 0.717) is 22.0 Å². The van der Waals surface area contributed by atoms with Crippen LogP contribution in [0, 0.1) is 6.92 Å². The van der Waals surface area contributed by atoms with Crippen LogP contribution in [0.15, 0.2) is 58.2 Å². The first-order valence-corrected chi connectivity index (χ1v) is 12.0. The first kappa shape index (κ1) is 21.4. The smallest absolute Gasteiger partial charge is 0.258 e. The summed E-state index contributed by atoms with van der Waals surface area (Å²) in [7, 11) is 0. The molecule has 3 aromatic heterocycles. The van der Waals surface area contributed by atoms with Crippen LogP contribution in [0.5, 0.6) is 0 Å². The number of benzene rings is 1. The maximum atomic E-state index is 13.0. The van der Waals surface area contributed by atoms with Crippen molar-refractivity contribution in [2.24, 2.45) is 0 Å². The molecule has 4 aromatic rings. The first-order chi connectivity index (χ1) is 16.2. The fraction of sp³-hybridized carbons (Fsp3) is 0.292. The number of hydrogen-bond donors (Lipinski definition) is 1. The Morgan fingerprint density at radius 2 is 2.03 bits per heavy atom. The molecule has 0 saturated heterocycles. The number of hydrogen-bond acceptors (Lipinski definition) is 7. The van der Waals surface area contributed by atoms with E-state index in [2.05, 4.69) is 30.2 Å². The summed E-state index contributed by atoms with van der Waals surface area (Å²) >= 11 is 1.46. The lowest BCUT2D eigenvalue weighted by atomic mass is 10.2. The molecule has 168 valence electrons. The topological polar surface area (TPSA) is 98.7 Å². The van der Waals surface area contributed by atoms with E-state index in [4.69, 9.17) is 4.52 Å². The average molecular weight is 461 g/mol. The predicted octanol–water partition coefficient (Wildman–Crippen LogP) is 4.91. The van der Waals surface area contributed by atoms with Crippen molar-refractivity contribution in [3.63, 3.8) is 0 Å². The van der Waals surface area contributed by atoms with Gasteiger partial charge in [0.2, 0.25) is 0 Å². The quantitative estimate of drug-likeness (QED) is 0.408. The van der Waals surface area contributed by atoms with Crippen LogP contribution in [0.4, 0.5) is 5.69 Å². The summed E-state index contributed by atoms with van der Waals surface area (Å²) in [5.74, 6) is 3.08. The second-order valence-corrected chi connectivity index (χ2v) is 8.97. The van der Waals surface area contributed by atoms with E-state index in [0.717, 1.165) is 54.5 Å². The number of rotatable bonds is 6. The normalized spacial score (nSPS) is 13.4. The minimum Gasteiger partial charge on any atom is -0.361 e. The molecule has 1 N–H and O–H groups in total. The summed E-state index contributed by atoms with van der Waals surface area (Å²) in [6, 6.07) is 13.2. The third-order valence-corrected chi connectivity index (χ3v) is 6.60. The van der Waals surface area contributed by atoms with Gasteiger partial charge >= 0.3 is 0 Å². The van der Waals surface area contributed by atoms with Crippen LogP contribution in [0.2, 0.25) is 0 Å². The Morgan fingerprint density at radius 3 is 2.85 bits per heavy atom. The molecule has 0 spiro atoms. The molecule has 4 heterocycles. The van der Waals surface area contributed by atoms with Crippen LogP contribution >= 0.6 is 11.8 Å². The van der Waals surface area contributed by atoms with Crippen LogP contribution < -0.4 is 5.32 Å². The summed E-state index contributed by atoms with van der Waals surface area (Å²) in [4.78, 5) is 17.4. The van der Waals surface area contributed by atoms with Gasteiger partial charge in [0.05, 0.1) is 11.3 Å². The minimum atomic E-state index is -0.203. The highest BCUT2D eigenvalue weighted by Gasteiger charge is 2.17. The Hall–Kier alpha value is -3.46. The van der Waals surface area contributed by atoms with Crippen molar-refractivity contribution in [3.8, 4) is 11.4 Å². The number of thioether (sulfide) groups is 1. The number of nitrogens with zero attached hydrogens (tertiary/aromatic N) is 5. The fourth-order valence-corrected chi connectivity index (χ4v) is 4.78. The van der Waals surface area contributed by atoms with Crippen LogP contribution in [-0.2, 0) is 18.7 Å². The lowest BCUT2D eigenvalue weighted by molar-refractivity contribution is 0.102. The van der Waals surface area contributed by atoms with Gasteiger partial charge in [-0.25, -0.2) is 4.98 Å². The highest BCUT2D eigenvalue weighted by Crippen LogP contribution is 2.26. The van der Waals surface area contributed by atoms with Gasteiger partial charge in [-0.2, -0.15) is 0 Å². The molecule has 0 fully saturated rings. The monoisotopic (exact) mass is 460 g/mol. The van der Waals surface area contributed by atoms with E-state index in [1.807, 2.05) is 37.3 Å². The highest BCUT2D eigenvalue weighted by molar-refractivity contribution is 7.98. The molecular weight excluding hydrogens is 436 g/mol. The highest BCUT2D eigenvalue weighted by atomic mass is 32.2. The van der Waals surface area contributed by atoms with Crippen LogP contribution in [-0.4, -0.2) is 30.8 Å². The Balaban J connectivity index is 1.28. The van der Waals surface area contributed by atoms with Gasteiger partial charge < -0.3 is 14.4 Å². The Morgan fingerprint density at radius 1 is 1.15 bits per heavy atom. The molecule has 1 aliphatic heterocycles. The molecule has 0 radical (unpaired) electrons. The van der Waals surface area contributed by atoms with Crippen molar-refractivity contribution in [1.82, 2.24) is 24.9 Å². The van der Waals surface area contributed by atoms with E-state index in [9.17, 15) is 4.79 Å². The van der Waals surface area contributed by atoms with Crippen LogP contribution in [0.3, 0.4) is 0 Å². The molecule has 0 saturated carbocycles. The minimum absolute atomic E-state index is 0.203. The average Bonchev–Trinajstić information content (AvgIpc) is 3.36. The number of aromatic nitrogens is 5. The van der Waals surface area contributed by atoms with E-state index < -0.39 is 0 Å². The molecule has 9 heteroatoms. The molecular formula is C24H24N6O2S. The standard InChI is InChI=1S/C24H24N6O2S/c1-16-14-19(29-32-16)15-33-24-20(6-5-12-25-24)23(31)26-18-10-8-17(9-11-18)22-28-27-21-7-3-2-4-13-30(21)22/h5-6,8-12,14H,2-4,7,13,15H2,1H3,(H,26,31). The zero-order chi connectivity index (χ0) is 22.6. The van der Waals surface area contributed by atoms with Gasteiger partial charge in [0.25, 0.3) is 5.91 Å². The summed E-state index contributed by atoms with van der Waals surface area (Å²) in [5, 5.41) is 16.4. The zero-order valence-corrected chi connectivity index (χ0v) is 19.1. The van der Waals surface area contributed by atoms with Gasteiger partial charge in [0, 0.05) is 42.2 Å². The second-order valence-electron chi connectivity index (χ2n) is 8.01. The van der Waals surface area contributed by atoms with Crippen molar-refractivity contribution in [1.29, 1.82) is 0 Å². The third kappa shape index (κ3) is 4.83. The van der Waals surface area contributed by atoms with Crippen molar-refractivity contribution in [2.45, 2.75) is 49.9 Å². The van der Waals surface area contributed by atoms with Gasteiger partial charge in [-0.3, -0.25) is 4.79 Å². The van der Waals surface area contributed by atoms with Crippen molar-refractivity contribution in [2.75, 3.05) is 5.32 Å². The van der Waals surface area contributed by atoms with Crippen molar-refractivity contribution in [3.05, 3.63) is 71.5 Å².